The summed E-state index contributed by atoms with van der Waals surface area (Å²) in [5.74, 6) is -0.174. The van der Waals surface area contributed by atoms with Crippen molar-refractivity contribution >= 4 is 21.8 Å². The highest BCUT2D eigenvalue weighted by molar-refractivity contribution is 9.09. The third kappa shape index (κ3) is 10.6. The Kier molecular flexibility index (Phi) is 8.64. The van der Waals surface area contributed by atoms with Gasteiger partial charge in [0.25, 0.3) is 0 Å². The molecule has 0 heterocycles. The van der Waals surface area contributed by atoms with Crippen LogP contribution in [0.2, 0.25) is 0 Å². The van der Waals surface area contributed by atoms with Gasteiger partial charge >= 0.3 is 6.18 Å². The first-order valence-electron chi connectivity index (χ1n) is 5.78. The molecule has 0 aromatic heterocycles. The van der Waals surface area contributed by atoms with Crippen molar-refractivity contribution in [2.75, 3.05) is 11.9 Å². The number of carbonyl (C=O) groups excluding carboxylic acids is 1. The third-order valence-electron chi connectivity index (χ3n) is 2.44. The first kappa shape index (κ1) is 16.7. The van der Waals surface area contributed by atoms with E-state index in [0.29, 0.717) is 12.5 Å². The first-order chi connectivity index (χ1) is 7.89. The fraction of sp³-hybridized carbons (Fsp3) is 0.909. The predicted molar refractivity (Wildman–Crippen MR) is 65.1 cm³/mol. The van der Waals surface area contributed by atoms with E-state index in [1.54, 1.807) is 0 Å². The number of hydrogen-bond acceptors (Lipinski definition) is 1. The van der Waals surface area contributed by atoms with Crippen molar-refractivity contribution in [1.29, 1.82) is 0 Å². The molecule has 0 spiro atoms. The molecule has 102 valence electrons. The zero-order valence-electron chi connectivity index (χ0n) is 9.95. The van der Waals surface area contributed by atoms with Gasteiger partial charge in [-0.3, -0.25) is 4.79 Å². The number of carbonyl (C=O) groups is 1. The summed E-state index contributed by atoms with van der Waals surface area (Å²) in [5.41, 5.74) is 0. The van der Waals surface area contributed by atoms with Crippen LogP contribution in [0.1, 0.15) is 39.0 Å². The zero-order valence-corrected chi connectivity index (χ0v) is 11.5. The van der Waals surface area contributed by atoms with Gasteiger partial charge in [-0.25, -0.2) is 0 Å². The second-order valence-electron chi connectivity index (χ2n) is 4.05. The van der Waals surface area contributed by atoms with Crippen molar-refractivity contribution < 1.29 is 18.0 Å². The van der Waals surface area contributed by atoms with E-state index in [-0.39, 0.29) is 0 Å². The minimum Gasteiger partial charge on any atom is -0.356 e. The lowest BCUT2D eigenvalue weighted by Gasteiger charge is -2.15. The van der Waals surface area contributed by atoms with Crippen molar-refractivity contribution in [2.24, 2.45) is 5.92 Å². The van der Waals surface area contributed by atoms with E-state index in [2.05, 4.69) is 21.2 Å². The number of amides is 1. The lowest BCUT2D eigenvalue weighted by Crippen LogP contribution is -2.30. The summed E-state index contributed by atoms with van der Waals surface area (Å²) < 4.78 is 35.6. The van der Waals surface area contributed by atoms with Gasteiger partial charge in [0.2, 0.25) is 5.91 Å². The lowest BCUT2D eigenvalue weighted by atomic mass is 10.0. The van der Waals surface area contributed by atoms with Crippen LogP contribution < -0.4 is 5.32 Å². The molecule has 0 aromatic rings. The van der Waals surface area contributed by atoms with E-state index in [0.717, 1.165) is 24.6 Å². The number of rotatable bonds is 8. The van der Waals surface area contributed by atoms with Crippen LogP contribution in [0, 0.1) is 5.92 Å². The second kappa shape index (κ2) is 8.78. The fourth-order valence-electron chi connectivity index (χ4n) is 1.51. The van der Waals surface area contributed by atoms with Crippen molar-refractivity contribution in [1.82, 2.24) is 5.32 Å². The van der Waals surface area contributed by atoms with Crippen molar-refractivity contribution in [2.45, 2.75) is 45.2 Å². The molecule has 2 nitrogen and oxygen atoms in total. The lowest BCUT2D eigenvalue weighted by molar-refractivity contribution is -0.144. The molecule has 0 rings (SSSR count). The molecule has 0 aliphatic carbocycles. The molecule has 0 aromatic carbocycles. The molecular weight excluding hydrogens is 299 g/mol. The van der Waals surface area contributed by atoms with Crippen LogP contribution in [-0.2, 0) is 4.79 Å². The summed E-state index contributed by atoms with van der Waals surface area (Å²) in [5, 5.41) is 3.41. The van der Waals surface area contributed by atoms with E-state index < -0.39 is 24.9 Å². The number of alkyl halides is 4. The molecule has 0 aliphatic heterocycles. The van der Waals surface area contributed by atoms with Gasteiger partial charge in [0.05, 0.1) is 6.42 Å². The molecule has 0 bridgehead atoms. The molecule has 1 atom stereocenters. The van der Waals surface area contributed by atoms with Gasteiger partial charge in [0.1, 0.15) is 0 Å². The topological polar surface area (TPSA) is 29.1 Å². The van der Waals surface area contributed by atoms with E-state index in [1.165, 1.54) is 0 Å². The number of halogens is 4. The van der Waals surface area contributed by atoms with Gasteiger partial charge in [-0.2, -0.15) is 13.2 Å². The summed E-state index contributed by atoms with van der Waals surface area (Å²) in [4.78, 5) is 11.2. The normalized spacial score (nSPS) is 13.5. The van der Waals surface area contributed by atoms with E-state index in [4.69, 9.17) is 0 Å². The summed E-state index contributed by atoms with van der Waals surface area (Å²) in [6, 6.07) is 0. The van der Waals surface area contributed by atoms with Crippen molar-refractivity contribution in [3.8, 4) is 0 Å². The van der Waals surface area contributed by atoms with Gasteiger partial charge in [-0.15, -0.1) is 0 Å². The monoisotopic (exact) mass is 317 g/mol. The Morgan fingerprint density at radius 2 is 2.00 bits per heavy atom. The average Bonchev–Trinajstić information content (AvgIpc) is 2.23. The standard InChI is InChI=1S/C11H19BrF3NO/c1-2-3-9(5-7-12)8-16-10(17)4-6-11(13,14)15/h9H,2-8H2,1H3,(H,16,17). The molecule has 1 N–H and O–H groups in total. The van der Waals surface area contributed by atoms with Crippen LogP contribution in [0.25, 0.3) is 0 Å². The largest absolute Gasteiger partial charge is 0.389 e. The summed E-state index contributed by atoms with van der Waals surface area (Å²) in [6.45, 7) is 2.52. The maximum absolute atomic E-state index is 11.9. The molecule has 0 saturated heterocycles. The molecular formula is C11H19BrF3NO. The molecule has 0 aliphatic rings. The van der Waals surface area contributed by atoms with Gasteiger partial charge in [-0.1, -0.05) is 29.3 Å². The Bertz CT molecular complexity index is 215. The van der Waals surface area contributed by atoms with Gasteiger partial charge < -0.3 is 5.32 Å². The smallest absolute Gasteiger partial charge is 0.356 e. The first-order valence-corrected chi connectivity index (χ1v) is 6.90. The summed E-state index contributed by atoms with van der Waals surface area (Å²) >= 11 is 3.32. The van der Waals surface area contributed by atoms with Crippen LogP contribution in [0.4, 0.5) is 13.2 Å². The van der Waals surface area contributed by atoms with Crippen LogP contribution >= 0.6 is 15.9 Å². The van der Waals surface area contributed by atoms with E-state index >= 15 is 0 Å². The minimum atomic E-state index is -4.25. The maximum Gasteiger partial charge on any atom is 0.389 e. The summed E-state index contributed by atoms with van der Waals surface area (Å²) in [6.07, 6.45) is -2.86. The number of hydrogen-bond donors (Lipinski definition) is 1. The summed E-state index contributed by atoms with van der Waals surface area (Å²) in [7, 11) is 0. The van der Waals surface area contributed by atoms with Crippen LogP contribution in [0.5, 0.6) is 0 Å². The Morgan fingerprint density at radius 1 is 1.35 bits per heavy atom. The fourth-order valence-corrected chi connectivity index (χ4v) is 2.16. The van der Waals surface area contributed by atoms with Crippen LogP contribution in [-0.4, -0.2) is 24.0 Å². The zero-order chi connectivity index (χ0) is 13.3. The molecule has 6 heteroatoms. The van der Waals surface area contributed by atoms with E-state index in [9.17, 15) is 18.0 Å². The molecule has 0 fully saturated rings. The Balaban J connectivity index is 3.79. The average molecular weight is 318 g/mol. The predicted octanol–water partition coefficient (Wildman–Crippen LogP) is 3.65. The Morgan fingerprint density at radius 3 is 2.47 bits per heavy atom. The molecule has 0 saturated carbocycles. The van der Waals surface area contributed by atoms with Crippen molar-refractivity contribution in [3.05, 3.63) is 0 Å². The Labute approximate surface area is 108 Å². The molecule has 17 heavy (non-hydrogen) atoms. The minimum absolute atomic E-state index is 0.342. The molecule has 0 radical (unpaired) electrons. The molecule has 1 amide bonds. The van der Waals surface area contributed by atoms with E-state index in [1.807, 2.05) is 6.92 Å². The van der Waals surface area contributed by atoms with Gasteiger partial charge in [0, 0.05) is 18.3 Å². The Hall–Kier alpha value is -0.260. The highest BCUT2D eigenvalue weighted by atomic mass is 79.9. The van der Waals surface area contributed by atoms with Crippen LogP contribution in [0.3, 0.4) is 0 Å². The maximum atomic E-state index is 11.9. The second-order valence-corrected chi connectivity index (χ2v) is 4.84. The van der Waals surface area contributed by atoms with Crippen LogP contribution in [0.15, 0.2) is 0 Å². The quantitative estimate of drug-likeness (QED) is 0.680. The van der Waals surface area contributed by atoms with Gasteiger partial charge in [0.15, 0.2) is 0 Å². The number of nitrogens with one attached hydrogen (secondary N) is 1. The molecule has 1 unspecified atom stereocenters. The highest BCUT2D eigenvalue weighted by Gasteiger charge is 2.27. The SMILES string of the molecule is CCCC(CCBr)CNC(=O)CCC(F)(F)F. The third-order valence-corrected chi connectivity index (χ3v) is 2.90. The van der Waals surface area contributed by atoms with Crippen molar-refractivity contribution in [3.63, 3.8) is 0 Å². The highest BCUT2D eigenvalue weighted by Crippen LogP contribution is 2.21. The van der Waals surface area contributed by atoms with Gasteiger partial charge in [-0.05, 0) is 18.8 Å².